The van der Waals surface area contributed by atoms with Crippen molar-refractivity contribution in [2.75, 3.05) is 30.9 Å². The van der Waals surface area contributed by atoms with Gasteiger partial charge in [-0.2, -0.15) is 0 Å². The first-order valence-corrected chi connectivity index (χ1v) is 11.4. The number of carbonyl (C=O) groups is 3. The molecule has 1 aromatic heterocycles. The third-order valence-electron chi connectivity index (χ3n) is 4.96. The first kappa shape index (κ1) is 25.3. The van der Waals surface area contributed by atoms with Gasteiger partial charge in [0.15, 0.2) is 0 Å². The molecule has 0 aliphatic heterocycles. The van der Waals surface area contributed by atoms with E-state index in [4.69, 9.17) is 4.74 Å². The number of amides is 2. The van der Waals surface area contributed by atoms with Crippen molar-refractivity contribution in [1.29, 1.82) is 0 Å². The van der Waals surface area contributed by atoms with Crippen LogP contribution in [-0.4, -0.2) is 54.7 Å². The van der Waals surface area contributed by atoms with Crippen molar-refractivity contribution in [3.05, 3.63) is 24.3 Å². The van der Waals surface area contributed by atoms with Crippen LogP contribution in [0.25, 0.3) is 10.6 Å². The number of anilines is 2. The summed E-state index contributed by atoms with van der Waals surface area (Å²) in [6.07, 6.45) is 0.627. The number of nitrogens with one attached hydrogen (secondary N) is 2. The molecule has 0 saturated heterocycles. The van der Waals surface area contributed by atoms with E-state index in [1.165, 1.54) is 11.3 Å². The molecule has 2 rings (SSSR count). The van der Waals surface area contributed by atoms with Gasteiger partial charge >= 0.3 is 5.97 Å². The lowest BCUT2D eigenvalue weighted by atomic mass is 9.98. The largest absolute Gasteiger partial charge is 0.466 e. The first-order valence-electron chi connectivity index (χ1n) is 10.6. The minimum absolute atomic E-state index is 0.0269. The molecule has 2 N–H and O–H groups in total. The summed E-state index contributed by atoms with van der Waals surface area (Å²) in [7, 11) is 3.94. The molecule has 0 saturated carbocycles. The molecule has 2 aromatic rings. The standard InChI is InChI=1S/C22H31N5O4S/c1-6-14(3)19(23-17(28)12-13-18(29)31-7-2)20(30)24-22-26-25-21(32-22)15-8-10-16(11-9-15)27(4)5/h8-11,14,19H,6-7,12-13H2,1-5H3,(H,23,28)(H,24,26,30). The van der Waals surface area contributed by atoms with Gasteiger partial charge in [-0.05, 0) is 37.1 Å². The van der Waals surface area contributed by atoms with Crippen LogP contribution in [-0.2, 0) is 19.1 Å². The fourth-order valence-electron chi connectivity index (χ4n) is 2.87. The molecule has 0 bridgehead atoms. The summed E-state index contributed by atoms with van der Waals surface area (Å²) in [5, 5.41) is 14.8. The highest BCUT2D eigenvalue weighted by atomic mass is 32.1. The summed E-state index contributed by atoms with van der Waals surface area (Å²) < 4.78 is 4.83. The lowest BCUT2D eigenvalue weighted by Gasteiger charge is -2.22. The molecule has 0 aliphatic rings. The number of hydrogen-bond donors (Lipinski definition) is 2. The molecule has 174 valence electrons. The third kappa shape index (κ3) is 7.30. The van der Waals surface area contributed by atoms with E-state index in [1.54, 1.807) is 6.92 Å². The Morgan fingerprint density at radius 1 is 1.09 bits per heavy atom. The molecule has 2 amide bonds. The van der Waals surface area contributed by atoms with Gasteiger partial charge in [0.2, 0.25) is 16.9 Å². The van der Waals surface area contributed by atoms with Crippen LogP contribution in [0, 0.1) is 5.92 Å². The van der Waals surface area contributed by atoms with Crippen LogP contribution in [0.1, 0.15) is 40.0 Å². The first-order chi connectivity index (χ1) is 15.2. The Morgan fingerprint density at radius 3 is 2.38 bits per heavy atom. The van der Waals surface area contributed by atoms with Crippen molar-refractivity contribution < 1.29 is 19.1 Å². The number of benzene rings is 1. The normalized spacial score (nSPS) is 12.5. The molecule has 2 unspecified atom stereocenters. The van der Waals surface area contributed by atoms with Gasteiger partial charge in [-0.3, -0.25) is 19.7 Å². The van der Waals surface area contributed by atoms with E-state index < -0.39 is 12.0 Å². The zero-order valence-electron chi connectivity index (χ0n) is 19.2. The zero-order valence-corrected chi connectivity index (χ0v) is 20.0. The molecular formula is C22H31N5O4S. The van der Waals surface area contributed by atoms with Crippen LogP contribution < -0.4 is 15.5 Å². The Labute approximate surface area is 192 Å². The van der Waals surface area contributed by atoms with E-state index in [0.29, 0.717) is 16.6 Å². The number of esters is 1. The van der Waals surface area contributed by atoms with Crippen molar-refractivity contribution in [3.63, 3.8) is 0 Å². The SMILES string of the molecule is CCOC(=O)CCC(=O)NC(C(=O)Nc1nnc(-c2ccc(N(C)C)cc2)s1)C(C)CC. The fourth-order valence-corrected chi connectivity index (χ4v) is 3.62. The smallest absolute Gasteiger partial charge is 0.306 e. The van der Waals surface area contributed by atoms with Gasteiger partial charge in [0.05, 0.1) is 13.0 Å². The van der Waals surface area contributed by atoms with E-state index in [1.807, 2.05) is 57.1 Å². The zero-order chi connectivity index (χ0) is 23.7. The summed E-state index contributed by atoms with van der Waals surface area (Å²) in [6, 6.07) is 7.13. The van der Waals surface area contributed by atoms with Gasteiger partial charge in [0.25, 0.3) is 0 Å². The summed E-state index contributed by atoms with van der Waals surface area (Å²) in [5.41, 5.74) is 1.97. The summed E-state index contributed by atoms with van der Waals surface area (Å²) in [4.78, 5) is 38.6. The highest BCUT2D eigenvalue weighted by molar-refractivity contribution is 7.18. The van der Waals surface area contributed by atoms with Gasteiger partial charge in [-0.25, -0.2) is 0 Å². The van der Waals surface area contributed by atoms with Crippen molar-refractivity contribution in [2.45, 2.75) is 46.1 Å². The van der Waals surface area contributed by atoms with E-state index in [2.05, 4.69) is 20.8 Å². The number of aromatic nitrogens is 2. The predicted octanol–water partition coefficient (Wildman–Crippen LogP) is 3.08. The van der Waals surface area contributed by atoms with Crippen LogP contribution in [0.4, 0.5) is 10.8 Å². The highest BCUT2D eigenvalue weighted by Crippen LogP contribution is 2.28. The minimum Gasteiger partial charge on any atom is -0.466 e. The fraction of sp³-hybridized carbons (Fsp3) is 0.500. The van der Waals surface area contributed by atoms with Gasteiger partial charge in [0, 0.05) is 31.8 Å². The molecule has 0 spiro atoms. The van der Waals surface area contributed by atoms with Crippen LogP contribution >= 0.6 is 11.3 Å². The van der Waals surface area contributed by atoms with Crippen LogP contribution in [0.5, 0.6) is 0 Å². The van der Waals surface area contributed by atoms with Gasteiger partial charge in [-0.1, -0.05) is 31.6 Å². The number of nitrogens with zero attached hydrogens (tertiary/aromatic N) is 3. The number of carbonyl (C=O) groups excluding carboxylic acids is 3. The molecule has 9 nitrogen and oxygen atoms in total. The Kier molecular flexibility index (Phi) is 9.58. The topological polar surface area (TPSA) is 114 Å². The maximum Gasteiger partial charge on any atom is 0.306 e. The van der Waals surface area contributed by atoms with E-state index in [9.17, 15) is 14.4 Å². The molecule has 0 fully saturated rings. The van der Waals surface area contributed by atoms with E-state index >= 15 is 0 Å². The Bertz CT molecular complexity index is 913. The Balaban J connectivity index is 2.02. The third-order valence-corrected chi connectivity index (χ3v) is 5.85. The number of ether oxygens (including phenoxy) is 1. The summed E-state index contributed by atoms with van der Waals surface area (Å²) in [6.45, 7) is 5.80. The number of hydrogen-bond acceptors (Lipinski definition) is 8. The lowest BCUT2D eigenvalue weighted by molar-refractivity contribution is -0.144. The van der Waals surface area contributed by atoms with Crippen molar-refractivity contribution in [2.24, 2.45) is 5.92 Å². The second-order valence-electron chi connectivity index (χ2n) is 7.58. The molecule has 2 atom stereocenters. The van der Waals surface area contributed by atoms with Crippen LogP contribution in [0.3, 0.4) is 0 Å². The van der Waals surface area contributed by atoms with Crippen molar-refractivity contribution in [3.8, 4) is 10.6 Å². The summed E-state index contributed by atoms with van der Waals surface area (Å²) in [5.74, 6) is -1.29. The molecule has 32 heavy (non-hydrogen) atoms. The lowest BCUT2D eigenvalue weighted by Crippen LogP contribution is -2.47. The molecule has 1 heterocycles. The maximum atomic E-state index is 12.9. The van der Waals surface area contributed by atoms with Crippen LogP contribution in [0.2, 0.25) is 0 Å². The van der Waals surface area contributed by atoms with E-state index in [-0.39, 0.29) is 37.2 Å². The molecule has 0 aliphatic carbocycles. The van der Waals surface area contributed by atoms with Gasteiger partial charge < -0.3 is 15.0 Å². The monoisotopic (exact) mass is 461 g/mol. The molecule has 10 heteroatoms. The highest BCUT2D eigenvalue weighted by Gasteiger charge is 2.27. The predicted molar refractivity (Wildman–Crippen MR) is 126 cm³/mol. The average Bonchev–Trinajstić information content (AvgIpc) is 3.24. The number of rotatable bonds is 11. The van der Waals surface area contributed by atoms with Gasteiger partial charge in [0.1, 0.15) is 11.0 Å². The summed E-state index contributed by atoms with van der Waals surface area (Å²) >= 11 is 1.26. The van der Waals surface area contributed by atoms with Crippen LogP contribution in [0.15, 0.2) is 24.3 Å². The quantitative estimate of drug-likeness (QED) is 0.494. The maximum absolute atomic E-state index is 12.9. The molecular weight excluding hydrogens is 430 g/mol. The Hall–Kier alpha value is -3.01. The molecule has 1 aromatic carbocycles. The van der Waals surface area contributed by atoms with Crippen molar-refractivity contribution >= 4 is 39.9 Å². The molecule has 0 radical (unpaired) electrons. The van der Waals surface area contributed by atoms with Gasteiger partial charge in [-0.15, -0.1) is 10.2 Å². The van der Waals surface area contributed by atoms with Crippen molar-refractivity contribution in [1.82, 2.24) is 15.5 Å². The Morgan fingerprint density at radius 2 is 1.78 bits per heavy atom. The minimum atomic E-state index is -0.749. The average molecular weight is 462 g/mol. The van der Waals surface area contributed by atoms with E-state index in [0.717, 1.165) is 11.3 Å². The second kappa shape index (κ2) is 12.1. The second-order valence-corrected chi connectivity index (χ2v) is 8.56.